The molecule has 0 aromatic heterocycles. The van der Waals surface area contributed by atoms with Crippen molar-refractivity contribution in [2.24, 2.45) is 0 Å². The lowest BCUT2D eigenvalue weighted by Crippen LogP contribution is -2.30. The Bertz CT molecular complexity index is 1670. The zero-order chi connectivity index (χ0) is 58.5. The molecule has 0 rings (SSSR count). The summed E-state index contributed by atoms with van der Waals surface area (Å²) in [7, 11) is 0. The van der Waals surface area contributed by atoms with Crippen molar-refractivity contribution in [1.29, 1.82) is 0 Å². The van der Waals surface area contributed by atoms with E-state index in [2.05, 4.69) is 142 Å². The molecule has 1 atom stereocenters. The van der Waals surface area contributed by atoms with Crippen molar-refractivity contribution in [3.63, 3.8) is 0 Å². The number of rotatable bonds is 61. The molecule has 6 nitrogen and oxygen atoms in total. The summed E-state index contributed by atoms with van der Waals surface area (Å²) in [6.45, 7) is 6.35. The first-order valence-corrected chi connectivity index (χ1v) is 34.0. The lowest BCUT2D eigenvalue weighted by molar-refractivity contribution is -0.167. The van der Waals surface area contributed by atoms with Crippen molar-refractivity contribution in [2.75, 3.05) is 13.2 Å². The van der Waals surface area contributed by atoms with Crippen LogP contribution in [0.2, 0.25) is 0 Å². The number of carbonyl (C=O) groups is 3. The van der Waals surface area contributed by atoms with Crippen LogP contribution in [0.4, 0.5) is 0 Å². The molecular weight excluding hydrogens is 997 g/mol. The molecule has 0 spiro atoms. The Morgan fingerprint density at radius 3 is 0.778 bits per heavy atom. The third kappa shape index (κ3) is 66.5. The highest BCUT2D eigenvalue weighted by atomic mass is 16.6. The third-order valence-electron chi connectivity index (χ3n) is 14.5. The van der Waals surface area contributed by atoms with Crippen LogP contribution >= 0.6 is 0 Å². The highest BCUT2D eigenvalue weighted by Crippen LogP contribution is 2.17. The quantitative estimate of drug-likeness (QED) is 0.0261. The molecule has 0 aromatic rings. The minimum absolute atomic E-state index is 0.0936. The third-order valence-corrected chi connectivity index (χ3v) is 14.5. The van der Waals surface area contributed by atoms with Crippen LogP contribution < -0.4 is 0 Å². The monoisotopic (exact) mass is 1120 g/mol. The van der Waals surface area contributed by atoms with Gasteiger partial charge in [0.25, 0.3) is 0 Å². The summed E-state index contributed by atoms with van der Waals surface area (Å²) in [6, 6.07) is 0. The van der Waals surface area contributed by atoms with E-state index in [1.807, 2.05) is 0 Å². The Kier molecular flexibility index (Phi) is 64.8. The standard InChI is InChI=1S/C75H126O6/c1-4-7-10-13-16-18-20-22-24-26-28-30-31-32-33-34-35-36-37-38-39-40-41-42-43-45-46-48-50-52-54-56-59-62-65-68-74(77)80-71-72(70-79-73(76)67-64-61-58-15-12-9-6-3)81-75(78)69-66-63-60-57-55-53-51-49-47-44-29-27-25-23-21-19-17-14-11-8-5-2/h7-8,10-11,16-19,22-25,28-30,44,49,51,55,57,72H,4-6,9,12-15,20-21,26-27,31-43,45-48,50,52-54,56,58-71H2,1-3H3/b10-7-,11-8-,18-16-,19-17-,24-22-,25-23-,30-28-,44-29-,51-49-,57-55-. The first-order chi connectivity index (χ1) is 40.0. The predicted molar refractivity (Wildman–Crippen MR) is 353 cm³/mol. The van der Waals surface area contributed by atoms with Crippen LogP contribution in [0, 0.1) is 0 Å². The molecule has 6 heteroatoms. The number of hydrogen-bond donors (Lipinski definition) is 0. The van der Waals surface area contributed by atoms with Crippen molar-refractivity contribution < 1.29 is 28.6 Å². The van der Waals surface area contributed by atoms with E-state index >= 15 is 0 Å². The van der Waals surface area contributed by atoms with Gasteiger partial charge < -0.3 is 14.2 Å². The molecule has 0 saturated heterocycles. The molecule has 0 radical (unpaired) electrons. The van der Waals surface area contributed by atoms with Gasteiger partial charge in [-0.3, -0.25) is 14.4 Å². The minimum Gasteiger partial charge on any atom is -0.462 e. The molecule has 0 bridgehead atoms. The van der Waals surface area contributed by atoms with Crippen LogP contribution in [-0.2, 0) is 28.6 Å². The number of allylic oxidation sites excluding steroid dienone is 20. The maximum absolute atomic E-state index is 12.8. The lowest BCUT2D eigenvalue weighted by atomic mass is 10.0. The minimum atomic E-state index is -0.799. The van der Waals surface area contributed by atoms with E-state index < -0.39 is 6.10 Å². The maximum atomic E-state index is 12.8. The Morgan fingerprint density at radius 1 is 0.259 bits per heavy atom. The first kappa shape index (κ1) is 76.8. The predicted octanol–water partition coefficient (Wildman–Crippen LogP) is 23.6. The highest BCUT2D eigenvalue weighted by molar-refractivity contribution is 5.71. The summed E-state index contributed by atoms with van der Waals surface area (Å²) in [5.41, 5.74) is 0. The largest absolute Gasteiger partial charge is 0.462 e. The van der Waals surface area contributed by atoms with E-state index in [4.69, 9.17) is 14.2 Å². The Morgan fingerprint density at radius 2 is 0.481 bits per heavy atom. The summed E-state index contributed by atoms with van der Waals surface area (Å²) in [5.74, 6) is -0.936. The SMILES string of the molecule is CC/C=C\C/C=C\C/C=C\C/C=C\C/C=C\C/C=C\CCCCC(=O)OC(COC(=O)CCCCCCCCC)COC(=O)CCCCCCCCCCCCCCCCCCCCCCCC/C=C\C/C=C\C/C=C\C/C=C\CC. The van der Waals surface area contributed by atoms with Gasteiger partial charge in [0.15, 0.2) is 6.10 Å². The van der Waals surface area contributed by atoms with Gasteiger partial charge in [-0.05, 0) is 109 Å². The van der Waals surface area contributed by atoms with Crippen molar-refractivity contribution in [3.05, 3.63) is 122 Å². The highest BCUT2D eigenvalue weighted by Gasteiger charge is 2.19. The van der Waals surface area contributed by atoms with Crippen molar-refractivity contribution in [2.45, 2.75) is 322 Å². The Hall–Kier alpha value is -4.19. The second-order valence-electron chi connectivity index (χ2n) is 22.3. The number of unbranched alkanes of at least 4 members (excludes halogenated alkanes) is 30. The molecule has 0 saturated carbocycles. The topological polar surface area (TPSA) is 78.9 Å². The summed E-state index contributed by atoms with van der Waals surface area (Å²) >= 11 is 0. The molecule has 0 amide bonds. The van der Waals surface area contributed by atoms with Gasteiger partial charge in [-0.15, -0.1) is 0 Å². The van der Waals surface area contributed by atoms with Crippen molar-refractivity contribution >= 4 is 17.9 Å². The van der Waals surface area contributed by atoms with Crippen LogP contribution in [0.15, 0.2) is 122 Å². The molecule has 81 heavy (non-hydrogen) atoms. The van der Waals surface area contributed by atoms with Gasteiger partial charge >= 0.3 is 17.9 Å². The fraction of sp³-hybridized carbons (Fsp3) is 0.693. The van der Waals surface area contributed by atoms with Crippen LogP contribution in [0.1, 0.15) is 316 Å². The van der Waals surface area contributed by atoms with E-state index in [9.17, 15) is 14.4 Å². The molecule has 1 unspecified atom stereocenters. The lowest BCUT2D eigenvalue weighted by Gasteiger charge is -2.18. The zero-order valence-corrected chi connectivity index (χ0v) is 53.0. The van der Waals surface area contributed by atoms with Crippen LogP contribution in [0.3, 0.4) is 0 Å². The normalized spacial score (nSPS) is 12.9. The Balaban J connectivity index is 4.06. The maximum Gasteiger partial charge on any atom is 0.306 e. The molecule has 0 aliphatic heterocycles. The molecule has 0 N–H and O–H groups in total. The molecule has 0 aliphatic carbocycles. The van der Waals surface area contributed by atoms with Crippen LogP contribution in [-0.4, -0.2) is 37.2 Å². The van der Waals surface area contributed by atoms with E-state index in [1.54, 1.807) is 0 Å². The van der Waals surface area contributed by atoms with E-state index in [0.29, 0.717) is 19.3 Å². The summed E-state index contributed by atoms with van der Waals surface area (Å²) in [5, 5.41) is 0. The van der Waals surface area contributed by atoms with Gasteiger partial charge in [0.1, 0.15) is 13.2 Å². The van der Waals surface area contributed by atoms with Crippen molar-refractivity contribution in [3.8, 4) is 0 Å². The smallest absolute Gasteiger partial charge is 0.306 e. The van der Waals surface area contributed by atoms with Crippen LogP contribution in [0.5, 0.6) is 0 Å². The average Bonchev–Trinajstić information content (AvgIpc) is 3.47. The van der Waals surface area contributed by atoms with Crippen molar-refractivity contribution in [1.82, 2.24) is 0 Å². The first-order valence-electron chi connectivity index (χ1n) is 34.0. The van der Waals surface area contributed by atoms with Gasteiger partial charge in [0, 0.05) is 19.3 Å². The molecule has 0 aliphatic rings. The Labute approximate surface area is 501 Å². The molecule has 0 heterocycles. The second-order valence-corrected chi connectivity index (χ2v) is 22.3. The van der Waals surface area contributed by atoms with Gasteiger partial charge in [-0.2, -0.15) is 0 Å². The van der Waals surface area contributed by atoms with Gasteiger partial charge in [-0.1, -0.05) is 309 Å². The fourth-order valence-corrected chi connectivity index (χ4v) is 9.44. The second kappa shape index (κ2) is 68.3. The number of carbonyl (C=O) groups excluding carboxylic acids is 3. The van der Waals surface area contributed by atoms with Gasteiger partial charge in [-0.25, -0.2) is 0 Å². The fourth-order valence-electron chi connectivity index (χ4n) is 9.44. The van der Waals surface area contributed by atoms with Gasteiger partial charge in [0.05, 0.1) is 0 Å². The molecule has 0 fully saturated rings. The number of esters is 3. The van der Waals surface area contributed by atoms with E-state index in [1.165, 1.54) is 154 Å². The molecular formula is C75H126O6. The van der Waals surface area contributed by atoms with E-state index in [-0.39, 0.29) is 37.5 Å². The molecule has 462 valence electrons. The zero-order valence-electron chi connectivity index (χ0n) is 53.0. The molecule has 0 aromatic carbocycles. The van der Waals surface area contributed by atoms with Crippen LogP contribution in [0.25, 0.3) is 0 Å². The van der Waals surface area contributed by atoms with E-state index in [0.717, 1.165) is 116 Å². The number of ether oxygens (including phenoxy) is 3. The summed E-state index contributed by atoms with van der Waals surface area (Å²) < 4.78 is 16.8. The average molecular weight is 1120 g/mol. The summed E-state index contributed by atoms with van der Waals surface area (Å²) in [6.07, 6.45) is 95.5. The summed E-state index contributed by atoms with van der Waals surface area (Å²) in [4.78, 5) is 38.1. The van der Waals surface area contributed by atoms with Gasteiger partial charge in [0.2, 0.25) is 0 Å². The number of hydrogen-bond acceptors (Lipinski definition) is 6.